The molecule has 0 radical (unpaired) electrons. The van der Waals surface area contributed by atoms with Crippen molar-refractivity contribution in [1.29, 1.82) is 0 Å². The second-order valence-electron chi connectivity index (χ2n) is 12.7. The number of imide groups is 1. The standard InChI is InChI=1S/C38H36BIN2O7S/c1-47-33-18-23(17-30(40)36(33)43)16-24(31-11-5-6-14-41-31)12-13-32-34-25(22-48-26-8-3-2-4-9-26)19-28-35(29(34)20-39(46)49-32)38(45)42(37(28)44)21-27-10-7-15-50-27/h2-11,14-18,28-29,32,35,43,46H,12-13,19-22H2,1H3/b24-16-/t28-,29+,32-,35-/m1/s1. The minimum absolute atomic E-state index is 0.0851. The lowest BCUT2D eigenvalue weighted by Crippen LogP contribution is -2.46. The van der Waals surface area contributed by atoms with Crippen LogP contribution in [0.25, 0.3) is 11.6 Å². The van der Waals surface area contributed by atoms with Gasteiger partial charge in [0.1, 0.15) is 12.4 Å². The molecule has 2 aromatic carbocycles. The fourth-order valence-electron chi connectivity index (χ4n) is 7.51. The van der Waals surface area contributed by atoms with Crippen molar-refractivity contribution in [2.45, 2.75) is 38.2 Å². The van der Waals surface area contributed by atoms with Gasteiger partial charge in [-0.15, -0.1) is 11.3 Å². The van der Waals surface area contributed by atoms with Crippen molar-refractivity contribution in [3.63, 3.8) is 0 Å². The predicted molar refractivity (Wildman–Crippen MR) is 200 cm³/mol. The van der Waals surface area contributed by atoms with Crippen LogP contribution in [0.4, 0.5) is 0 Å². The van der Waals surface area contributed by atoms with Crippen LogP contribution in [0, 0.1) is 21.3 Å². The highest BCUT2D eigenvalue weighted by Crippen LogP contribution is 2.51. The largest absolute Gasteiger partial charge is 0.504 e. The number of benzene rings is 2. The van der Waals surface area contributed by atoms with Gasteiger partial charge < -0.3 is 24.3 Å². The SMILES string of the molecule is COc1cc(/C=C(/CC[C@H]2OB(O)C[C@H]3C2=C(COc2ccccc2)C[C@H]2C(=O)N(Cc4cccs4)C(=O)[C@H]23)c2ccccn2)cc(I)c1O. The van der Waals surface area contributed by atoms with Gasteiger partial charge >= 0.3 is 7.12 Å². The number of amides is 2. The minimum atomic E-state index is -1.09. The Balaban J connectivity index is 1.23. The monoisotopic (exact) mass is 802 g/mol. The average molecular weight is 802 g/mol. The van der Waals surface area contributed by atoms with Gasteiger partial charge in [0, 0.05) is 11.1 Å². The van der Waals surface area contributed by atoms with Crippen molar-refractivity contribution in [3.05, 3.63) is 115 Å². The second kappa shape index (κ2) is 15.1. The number of hydrogen-bond donors (Lipinski definition) is 2. The van der Waals surface area contributed by atoms with Crippen LogP contribution in [0.1, 0.15) is 35.4 Å². The van der Waals surface area contributed by atoms with Crippen LogP contribution in [0.15, 0.2) is 95.5 Å². The molecule has 12 heteroatoms. The number of fused-ring (bicyclic) bond motifs is 3. The van der Waals surface area contributed by atoms with Crippen LogP contribution in [0.2, 0.25) is 6.32 Å². The number of hydrogen-bond acceptors (Lipinski definition) is 9. The molecule has 4 aromatic rings. The lowest BCUT2D eigenvalue weighted by Gasteiger charge is -2.43. The first-order chi connectivity index (χ1) is 24.3. The van der Waals surface area contributed by atoms with E-state index in [4.69, 9.17) is 14.1 Å². The molecule has 256 valence electrons. The summed E-state index contributed by atoms with van der Waals surface area (Å²) in [5, 5.41) is 23.5. The average Bonchev–Trinajstić information content (AvgIpc) is 3.73. The Bertz CT molecular complexity index is 1920. The summed E-state index contributed by atoms with van der Waals surface area (Å²) in [4.78, 5) is 35.0. The quantitative estimate of drug-likeness (QED) is 0.0732. The number of para-hydroxylation sites is 1. The Hall–Kier alpha value is -3.98. The first-order valence-electron chi connectivity index (χ1n) is 16.6. The summed E-state index contributed by atoms with van der Waals surface area (Å²) >= 11 is 3.60. The number of likely N-dealkylation sites (tertiary alicyclic amines) is 1. The molecule has 4 atom stereocenters. The molecule has 4 heterocycles. The zero-order valence-corrected chi connectivity index (χ0v) is 30.4. The van der Waals surface area contributed by atoms with Crippen LogP contribution < -0.4 is 9.47 Å². The van der Waals surface area contributed by atoms with Crippen molar-refractivity contribution in [1.82, 2.24) is 9.88 Å². The van der Waals surface area contributed by atoms with E-state index in [2.05, 4.69) is 27.6 Å². The number of carbonyl (C=O) groups is 2. The van der Waals surface area contributed by atoms with E-state index in [1.807, 2.05) is 78.2 Å². The first-order valence-corrected chi connectivity index (χ1v) is 18.6. The maximum atomic E-state index is 14.1. The van der Waals surface area contributed by atoms with Gasteiger partial charge in [-0.3, -0.25) is 19.5 Å². The number of aromatic nitrogens is 1. The highest BCUT2D eigenvalue weighted by Gasteiger charge is 2.57. The number of rotatable bonds is 11. The van der Waals surface area contributed by atoms with Crippen molar-refractivity contribution >= 4 is 64.5 Å². The summed E-state index contributed by atoms with van der Waals surface area (Å²) < 4.78 is 18.6. The van der Waals surface area contributed by atoms with Crippen LogP contribution in [-0.4, -0.2) is 58.8 Å². The molecule has 0 bridgehead atoms. The van der Waals surface area contributed by atoms with E-state index in [9.17, 15) is 19.7 Å². The molecule has 2 aliphatic heterocycles. The van der Waals surface area contributed by atoms with E-state index in [1.54, 1.807) is 12.3 Å². The molecule has 2 saturated heterocycles. The van der Waals surface area contributed by atoms with Gasteiger partial charge in [0.2, 0.25) is 11.8 Å². The number of nitrogens with zero attached hydrogens (tertiary/aromatic N) is 2. The lowest BCUT2D eigenvalue weighted by atomic mass is 9.58. The molecule has 2 N–H and O–H groups in total. The molecule has 0 unspecified atom stereocenters. The van der Waals surface area contributed by atoms with Crippen molar-refractivity contribution in [2.75, 3.05) is 13.7 Å². The minimum Gasteiger partial charge on any atom is -0.504 e. The highest BCUT2D eigenvalue weighted by molar-refractivity contribution is 14.1. The molecule has 1 aliphatic carbocycles. The number of pyridine rings is 1. The maximum absolute atomic E-state index is 14.1. The van der Waals surface area contributed by atoms with Gasteiger partial charge in [-0.25, -0.2) is 0 Å². The Labute approximate surface area is 308 Å². The summed E-state index contributed by atoms with van der Waals surface area (Å²) in [5.41, 5.74) is 4.45. The van der Waals surface area contributed by atoms with E-state index < -0.39 is 25.1 Å². The zero-order valence-electron chi connectivity index (χ0n) is 27.4. The third-order valence-electron chi connectivity index (χ3n) is 9.73. The number of ether oxygens (including phenoxy) is 2. The number of phenolic OH excluding ortho intramolecular Hbond substituents is 1. The molecule has 2 aromatic heterocycles. The van der Waals surface area contributed by atoms with E-state index in [0.717, 1.165) is 32.9 Å². The number of allylic oxidation sites excluding steroid dienone is 1. The first kappa shape index (κ1) is 34.5. The summed E-state index contributed by atoms with van der Waals surface area (Å²) in [6, 6.07) is 22.8. The smallest absolute Gasteiger partial charge is 0.455 e. The Morgan fingerprint density at radius 1 is 1.10 bits per heavy atom. The van der Waals surface area contributed by atoms with Gasteiger partial charge in [0.15, 0.2) is 11.5 Å². The van der Waals surface area contributed by atoms with Gasteiger partial charge in [-0.1, -0.05) is 30.3 Å². The van der Waals surface area contributed by atoms with Crippen LogP contribution in [-0.2, 0) is 20.8 Å². The van der Waals surface area contributed by atoms with E-state index in [1.165, 1.54) is 23.3 Å². The number of aromatic hydroxyl groups is 1. The fraction of sp³-hybridized carbons (Fsp3) is 0.289. The molecule has 50 heavy (non-hydrogen) atoms. The summed E-state index contributed by atoms with van der Waals surface area (Å²) in [7, 11) is 0.426. The van der Waals surface area contributed by atoms with Gasteiger partial charge in [-0.05, 0) is 130 Å². The van der Waals surface area contributed by atoms with Crippen molar-refractivity contribution in [3.8, 4) is 17.2 Å². The molecule has 0 spiro atoms. The molecule has 7 rings (SSSR count). The topological polar surface area (TPSA) is 118 Å². The molecule has 2 fully saturated rings. The third kappa shape index (κ3) is 7.11. The molecular formula is C38H36BIN2O7S. The molecule has 9 nitrogen and oxygen atoms in total. The zero-order chi connectivity index (χ0) is 34.8. The number of halogens is 1. The number of methoxy groups -OCH3 is 1. The predicted octanol–water partition coefficient (Wildman–Crippen LogP) is 6.86. The van der Waals surface area contributed by atoms with Gasteiger partial charge in [0.25, 0.3) is 0 Å². The second-order valence-corrected chi connectivity index (χ2v) is 14.9. The molecule has 0 saturated carbocycles. The summed E-state index contributed by atoms with van der Waals surface area (Å²) in [6.07, 6.45) is 4.88. The van der Waals surface area contributed by atoms with Gasteiger partial charge in [0.05, 0.1) is 40.9 Å². The Morgan fingerprint density at radius 2 is 1.92 bits per heavy atom. The fourth-order valence-corrected chi connectivity index (χ4v) is 8.83. The van der Waals surface area contributed by atoms with Gasteiger partial charge in [-0.2, -0.15) is 0 Å². The molecular weight excluding hydrogens is 766 g/mol. The van der Waals surface area contributed by atoms with Crippen molar-refractivity contribution in [2.24, 2.45) is 17.8 Å². The Kier molecular flexibility index (Phi) is 10.4. The number of thiophene rings is 1. The van der Waals surface area contributed by atoms with Crippen molar-refractivity contribution < 1.29 is 33.8 Å². The Morgan fingerprint density at radius 3 is 2.66 bits per heavy atom. The van der Waals surface area contributed by atoms with E-state index in [-0.39, 0.29) is 43.0 Å². The summed E-state index contributed by atoms with van der Waals surface area (Å²) in [5.74, 6) is -0.644. The molecule has 2 amide bonds. The lowest BCUT2D eigenvalue weighted by molar-refractivity contribution is -0.140. The van der Waals surface area contributed by atoms with Crippen LogP contribution in [0.3, 0.4) is 0 Å². The normalized spacial score (nSPS) is 22.1. The molecule has 3 aliphatic rings. The van der Waals surface area contributed by atoms with Crippen LogP contribution >= 0.6 is 33.9 Å². The van der Waals surface area contributed by atoms with Crippen LogP contribution in [0.5, 0.6) is 17.2 Å². The number of carbonyl (C=O) groups excluding carboxylic acids is 2. The maximum Gasteiger partial charge on any atom is 0.455 e. The summed E-state index contributed by atoms with van der Waals surface area (Å²) in [6.45, 7) is 0.498. The van der Waals surface area contributed by atoms with E-state index >= 15 is 0 Å². The number of phenols is 1. The third-order valence-corrected chi connectivity index (χ3v) is 11.4. The van der Waals surface area contributed by atoms with E-state index in [0.29, 0.717) is 34.3 Å². The highest BCUT2D eigenvalue weighted by atomic mass is 127.